The highest BCUT2D eigenvalue weighted by atomic mass is 32.1. The average Bonchev–Trinajstić information content (AvgIpc) is 3.90. The molecule has 11 nitrogen and oxygen atoms in total. The number of nitrogens with zero attached hydrogens (tertiary/aromatic N) is 5. The first-order valence-electron chi connectivity index (χ1n) is 14.2. The molecule has 4 atom stereocenters. The minimum absolute atomic E-state index is 0.224. The number of nitrogens with one attached hydrogen (secondary N) is 3. The number of carbonyl (C=O) groups excluding carboxylic acids is 1. The summed E-state index contributed by atoms with van der Waals surface area (Å²) in [6.07, 6.45) is 7.50. The summed E-state index contributed by atoms with van der Waals surface area (Å²) in [6.45, 7) is 2.74. The zero-order chi connectivity index (χ0) is 28.1. The molecule has 1 amide bonds. The van der Waals surface area contributed by atoms with Crippen LogP contribution in [0.15, 0.2) is 36.8 Å². The Hall–Kier alpha value is -3.74. The highest BCUT2D eigenvalue weighted by Gasteiger charge is 2.45. The molecular formula is C29H32N8O3S. The minimum atomic E-state index is -1.23. The number of hydrogen-bond acceptors (Lipinski definition) is 11. The number of hydrogen-bond donors (Lipinski definition) is 5. The van der Waals surface area contributed by atoms with E-state index in [2.05, 4.69) is 25.9 Å². The van der Waals surface area contributed by atoms with Gasteiger partial charge in [-0.15, -0.1) is 11.3 Å². The Balaban J connectivity index is 1.20. The normalized spacial score (nSPS) is 24.0. The summed E-state index contributed by atoms with van der Waals surface area (Å²) in [5.74, 6) is 0.958. The molecule has 0 radical (unpaired) electrons. The second-order valence-corrected chi connectivity index (χ2v) is 12.3. The van der Waals surface area contributed by atoms with Crippen LogP contribution in [-0.2, 0) is 4.79 Å². The number of fused-ring (bicyclic) bond motifs is 1. The molecule has 4 unspecified atom stereocenters. The molecule has 12 heteroatoms. The summed E-state index contributed by atoms with van der Waals surface area (Å²) in [7, 11) is 0. The van der Waals surface area contributed by atoms with E-state index in [-0.39, 0.29) is 12.3 Å². The zero-order valence-corrected chi connectivity index (χ0v) is 23.4. The molecule has 4 aromatic heterocycles. The van der Waals surface area contributed by atoms with Crippen LogP contribution in [0.2, 0.25) is 0 Å². The van der Waals surface area contributed by atoms with Crippen molar-refractivity contribution in [2.24, 2.45) is 11.8 Å². The first kappa shape index (κ1) is 26.2. The minimum Gasteiger partial charge on any atom is -0.390 e. The van der Waals surface area contributed by atoms with Gasteiger partial charge in [-0.05, 0) is 63.1 Å². The quantitative estimate of drug-likeness (QED) is 0.200. The number of aromatic nitrogens is 5. The first-order chi connectivity index (χ1) is 19.9. The standard InChI is InChI=1S/C29H32N8O3S/c1-14-21(28-36-23-20(41-28)8-11-31-22(23)16-4-5-16)26(37-29(33-14)32-13-15-2-3-15)35-19-12-18(24(38)25(19)39)27(40)34-17-6-9-30-10-7-17/h6-11,15-16,18-19,24-25,38-39H,2-5,12-13H2,1H3,(H,30,34,40)(H2,32,33,35,37). The van der Waals surface area contributed by atoms with Gasteiger partial charge in [0, 0.05) is 36.7 Å². The van der Waals surface area contributed by atoms with Crippen LogP contribution < -0.4 is 16.0 Å². The van der Waals surface area contributed by atoms with Crippen LogP contribution in [-0.4, -0.2) is 65.8 Å². The number of anilines is 3. The fraction of sp³-hybridized carbons (Fsp3) is 0.448. The van der Waals surface area contributed by atoms with E-state index in [4.69, 9.17) is 15.0 Å². The predicted octanol–water partition coefficient (Wildman–Crippen LogP) is 3.71. The van der Waals surface area contributed by atoms with E-state index in [0.717, 1.165) is 51.6 Å². The van der Waals surface area contributed by atoms with Crippen molar-refractivity contribution in [1.29, 1.82) is 0 Å². The van der Waals surface area contributed by atoms with Crippen LogP contribution in [0.3, 0.4) is 0 Å². The van der Waals surface area contributed by atoms with Crippen LogP contribution in [0, 0.1) is 18.8 Å². The van der Waals surface area contributed by atoms with Crippen molar-refractivity contribution in [2.75, 3.05) is 22.5 Å². The Bertz CT molecular complexity index is 1590. The van der Waals surface area contributed by atoms with Crippen molar-refractivity contribution in [3.63, 3.8) is 0 Å². The number of aliphatic hydroxyl groups excluding tert-OH is 2. The zero-order valence-electron chi connectivity index (χ0n) is 22.6. The largest absolute Gasteiger partial charge is 0.390 e. The Kier molecular flexibility index (Phi) is 6.76. The van der Waals surface area contributed by atoms with Crippen LogP contribution in [0.4, 0.5) is 17.5 Å². The fourth-order valence-electron chi connectivity index (χ4n) is 5.49. The molecule has 0 spiro atoms. The smallest absolute Gasteiger partial charge is 0.230 e. The average molecular weight is 573 g/mol. The lowest BCUT2D eigenvalue weighted by atomic mass is 10.0. The molecule has 4 aromatic rings. The molecular weight excluding hydrogens is 540 g/mol. The number of pyridine rings is 2. The molecule has 3 aliphatic carbocycles. The Morgan fingerprint density at radius 2 is 1.83 bits per heavy atom. The molecule has 3 fully saturated rings. The van der Waals surface area contributed by atoms with E-state index in [0.29, 0.717) is 29.3 Å². The topological polar surface area (TPSA) is 158 Å². The molecule has 4 heterocycles. The highest BCUT2D eigenvalue weighted by molar-refractivity contribution is 7.21. The summed E-state index contributed by atoms with van der Waals surface area (Å²) in [4.78, 5) is 36.2. The van der Waals surface area contributed by atoms with Gasteiger partial charge in [-0.3, -0.25) is 14.8 Å². The second-order valence-electron chi connectivity index (χ2n) is 11.3. The van der Waals surface area contributed by atoms with Crippen LogP contribution >= 0.6 is 11.3 Å². The van der Waals surface area contributed by atoms with Gasteiger partial charge in [0.2, 0.25) is 11.9 Å². The van der Waals surface area contributed by atoms with E-state index < -0.39 is 24.2 Å². The molecule has 0 saturated heterocycles. The van der Waals surface area contributed by atoms with Gasteiger partial charge >= 0.3 is 0 Å². The molecule has 3 saturated carbocycles. The van der Waals surface area contributed by atoms with E-state index in [1.807, 2.05) is 19.2 Å². The number of thiazole rings is 1. The third-order valence-electron chi connectivity index (χ3n) is 8.14. The van der Waals surface area contributed by atoms with E-state index >= 15 is 0 Å². The van der Waals surface area contributed by atoms with Crippen molar-refractivity contribution in [1.82, 2.24) is 24.9 Å². The SMILES string of the molecule is Cc1nc(NCC2CC2)nc(NC2CC(C(=O)Nc3ccncc3)C(O)C2O)c1-c1nc2c(C3CC3)nccc2s1. The fourth-order valence-corrected chi connectivity index (χ4v) is 6.56. The molecule has 41 heavy (non-hydrogen) atoms. The monoisotopic (exact) mass is 572 g/mol. The summed E-state index contributed by atoms with van der Waals surface area (Å²) in [5.41, 5.74) is 4.04. The van der Waals surface area contributed by atoms with Gasteiger partial charge in [0.15, 0.2) is 0 Å². The number of carbonyl (C=O) groups is 1. The number of rotatable bonds is 9. The van der Waals surface area contributed by atoms with E-state index in [1.54, 1.807) is 35.9 Å². The molecule has 5 N–H and O–H groups in total. The third-order valence-corrected chi connectivity index (χ3v) is 9.18. The first-order valence-corrected chi connectivity index (χ1v) is 15.0. The van der Waals surface area contributed by atoms with Gasteiger partial charge in [-0.25, -0.2) is 9.97 Å². The predicted molar refractivity (Wildman–Crippen MR) is 157 cm³/mol. The van der Waals surface area contributed by atoms with Crippen LogP contribution in [0.5, 0.6) is 0 Å². The second kappa shape index (κ2) is 10.6. The van der Waals surface area contributed by atoms with Crippen LogP contribution in [0.1, 0.15) is 49.4 Å². The summed E-state index contributed by atoms with van der Waals surface area (Å²) in [5, 5.41) is 32.2. The van der Waals surface area contributed by atoms with Gasteiger partial charge in [0.25, 0.3) is 0 Å². The van der Waals surface area contributed by atoms with Crippen molar-refractivity contribution >= 4 is 44.9 Å². The maximum Gasteiger partial charge on any atom is 0.230 e. The van der Waals surface area contributed by atoms with Gasteiger partial charge < -0.3 is 26.2 Å². The molecule has 212 valence electrons. The van der Waals surface area contributed by atoms with Crippen molar-refractivity contribution < 1.29 is 15.0 Å². The summed E-state index contributed by atoms with van der Waals surface area (Å²) >= 11 is 1.57. The molecule has 0 aliphatic heterocycles. The van der Waals surface area contributed by atoms with E-state index in [9.17, 15) is 15.0 Å². The molecule has 3 aliphatic rings. The highest BCUT2D eigenvalue weighted by Crippen LogP contribution is 2.44. The lowest BCUT2D eigenvalue weighted by molar-refractivity contribution is -0.123. The van der Waals surface area contributed by atoms with Crippen molar-refractivity contribution in [3.05, 3.63) is 48.2 Å². The maximum absolute atomic E-state index is 13.0. The molecule has 7 rings (SSSR count). The van der Waals surface area contributed by atoms with Crippen molar-refractivity contribution in [3.8, 4) is 10.6 Å². The van der Waals surface area contributed by atoms with Gasteiger partial charge in [-0.1, -0.05) is 0 Å². The summed E-state index contributed by atoms with van der Waals surface area (Å²) in [6, 6.07) is 4.74. The summed E-state index contributed by atoms with van der Waals surface area (Å²) < 4.78 is 1.06. The molecule has 0 bridgehead atoms. The van der Waals surface area contributed by atoms with Crippen LogP contribution in [0.25, 0.3) is 20.8 Å². The number of amides is 1. The van der Waals surface area contributed by atoms with Gasteiger partial charge in [0.1, 0.15) is 22.4 Å². The Morgan fingerprint density at radius 3 is 2.59 bits per heavy atom. The lowest BCUT2D eigenvalue weighted by Crippen LogP contribution is -2.37. The third kappa shape index (κ3) is 5.34. The lowest BCUT2D eigenvalue weighted by Gasteiger charge is -2.21. The van der Waals surface area contributed by atoms with E-state index in [1.165, 1.54) is 12.8 Å². The molecule has 0 aromatic carbocycles. The maximum atomic E-state index is 13.0. The Labute approximate surface area is 240 Å². The van der Waals surface area contributed by atoms with Gasteiger partial charge in [0.05, 0.1) is 39.7 Å². The Morgan fingerprint density at radius 1 is 1.02 bits per heavy atom. The number of aryl methyl sites for hydroxylation is 1. The van der Waals surface area contributed by atoms with Crippen molar-refractivity contribution in [2.45, 2.75) is 63.2 Å². The number of aliphatic hydroxyl groups is 2. The van der Waals surface area contributed by atoms with Gasteiger partial charge in [-0.2, -0.15) is 4.98 Å².